The van der Waals surface area contributed by atoms with Crippen molar-refractivity contribution < 1.29 is 15.2 Å². The van der Waals surface area contributed by atoms with Crippen LogP contribution in [0.25, 0.3) is 0 Å². The van der Waals surface area contributed by atoms with E-state index in [-0.39, 0.29) is 23.7 Å². The Hall–Kier alpha value is -1.80. The third-order valence-electron chi connectivity index (χ3n) is 1.91. The van der Waals surface area contributed by atoms with Crippen LogP contribution in [0.4, 0.5) is 5.69 Å². The van der Waals surface area contributed by atoms with Gasteiger partial charge >= 0.3 is 0 Å². The molecule has 4 N–H and O–H groups in total. The number of aliphatic hydroxyl groups is 1. The molecule has 0 unspecified atom stereocenters. The van der Waals surface area contributed by atoms with Crippen LogP contribution < -0.4 is 5.73 Å². The van der Waals surface area contributed by atoms with Gasteiger partial charge in [-0.1, -0.05) is 5.16 Å². The lowest BCUT2D eigenvalue weighted by atomic mass is 10.2. The first-order valence-corrected chi connectivity index (χ1v) is 5.58. The van der Waals surface area contributed by atoms with E-state index in [1.165, 1.54) is 30.0 Å². The van der Waals surface area contributed by atoms with E-state index in [1.54, 1.807) is 0 Å². The molecule has 92 valence electrons. The third kappa shape index (κ3) is 3.33. The summed E-state index contributed by atoms with van der Waals surface area (Å²) in [4.78, 5) is 10.7. The number of nitro benzene ring substituents is 1. The number of nitrogens with two attached hydrogens (primary N) is 1. The average molecular weight is 257 g/mol. The van der Waals surface area contributed by atoms with Gasteiger partial charge in [-0.05, 0) is 6.07 Å². The first kappa shape index (κ1) is 13.3. The number of hydrogen-bond donors (Lipinski definition) is 3. The van der Waals surface area contributed by atoms with Gasteiger partial charge in [0.1, 0.15) is 0 Å². The van der Waals surface area contributed by atoms with Gasteiger partial charge in [-0.25, -0.2) is 0 Å². The number of benzene rings is 1. The lowest BCUT2D eigenvalue weighted by Crippen LogP contribution is -2.14. The first-order valence-electron chi connectivity index (χ1n) is 4.60. The van der Waals surface area contributed by atoms with Crippen molar-refractivity contribution in [3.63, 3.8) is 0 Å². The lowest BCUT2D eigenvalue weighted by Gasteiger charge is -2.06. The quantitative estimate of drug-likeness (QED) is 0.179. The number of oxime groups is 1. The number of thioether (sulfide) groups is 1. The van der Waals surface area contributed by atoms with Crippen LogP contribution in [0.2, 0.25) is 0 Å². The SMILES string of the molecule is N/C(=N/O)c1cc([N+](=O)[O-])ccc1SCCO. The minimum Gasteiger partial charge on any atom is -0.409 e. The molecule has 1 rings (SSSR count). The van der Waals surface area contributed by atoms with Crippen molar-refractivity contribution in [2.75, 3.05) is 12.4 Å². The number of nitrogens with zero attached hydrogens (tertiary/aromatic N) is 2. The molecule has 0 aliphatic heterocycles. The molecule has 0 heterocycles. The summed E-state index contributed by atoms with van der Waals surface area (Å²) in [7, 11) is 0. The van der Waals surface area contributed by atoms with E-state index in [2.05, 4.69) is 5.16 Å². The van der Waals surface area contributed by atoms with Gasteiger partial charge in [0, 0.05) is 28.3 Å². The topological polar surface area (TPSA) is 122 Å². The van der Waals surface area contributed by atoms with E-state index in [1.807, 2.05) is 0 Å². The summed E-state index contributed by atoms with van der Waals surface area (Å²) in [6, 6.07) is 4.06. The number of aliphatic hydroxyl groups excluding tert-OH is 1. The molecule has 0 aliphatic rings. The molecule has 1 aromatic rings. The average Bonchev–Trinajstić information content (AvgIpc) is 2.35. The zero-order valence-electron chi connectivity index (χ0n) is 8.74. The molecule has 0 atom stereocenters. The van der Waals surface area contributed by atoms with E-state index in [0.717, 1.165) is 0 Å². The van der Waals surface area contributed by atoms with Crippen molar-refractivity contribution in [2.24, 2.45) is 10.9 Å². The predicted molar refractivity (Wildman–Crippen MR) is 63.4 cm³/mol. The molecule has 8 heteroatoms. The highest BCUT2D eigenvalue weighted by Gasteiger charge is 2.14. The molecule has 1 aromatic carbocycles. The Labute approximate surface area is 101 Å². The Morgan fingerprint density at radius 3 is 2.82 bits per heavy atom. The van der Waals surface area contributed by atoms with Crippen molar-refractivity contribution >= 4 is 23.3 Å². The Morgan fingerprint density at radius 1 is 1.59 bits per heavy atom. The number of hydrogen-bond acceptors (Lipinski definition) is 6. The largest absolute Gasteiger partial charge is 0.409 e. The number of amidine groups is 1. The summed E-state index contributed by atoms with van der Waals surface area (Å²) in [6.07, 6.45) is 0. The molecule has 17 heavy (non-hydrogen) atoms. The van der Waals surface area contributed by atoms with Crippen molar-refractivity contribution in [1.29, 1.82) is 0 Å². The molecule has 0 bridgehead atoms. The summed E-state index contributed by atoms with van der Waals surface area (Å²) >= 11 is 1.27. The third-order valence-corrected chi connectivity index (χ3v) is 2.96. The molecule has 0 saturated carbocycles. The Kier molecular flexibility index (Phi) is 4.73. The van der Waals surface area contributed by atoms with E-state index in [0.29, 0.717) is 10.6 Å². The van der Waals surface area contributed by atoms with Crippen LogP contribution in [-0.4, -0.2) is 33.4 Å². The molecule has 0 spiro atoms. The van der Waals surface area contributed by atoms with Gasteiger partial charge in [0.25, 0.3) is 5.69 Å². The lowest BCUT2D eigenvalue weighted by molar-refractivity contribution is -0.384. The Balaban J connectivity index is 3.17. The second kappa shape index (κ2) is 6.06. The van der Waals surface area contributed by atoms with Crippen molar-refractivity contribution in [3.8, 4) is 0 Å². The minimum absolute atomic E-state index is 0.0305. The van der Waals surface area contributed by atoms with Crippen LogP contribution in [0.15, 0.2) is 28.3 Å². The van der Waals surface area contributed by atoms with Crippen LogP contribution in [0, 0.1) is 10.1 Å². The molecule has 0 fully saturated rings. The number of nitro groups is 1. The fraction of sp³-hybridized carbons (Fsp3) is 0.222. The van der Waals surface area contributed by atoms with Gasteiger partial charge < -0.3 is 16.0 Å². The van der Waals surface area contributed by atoms with Crippen LogP contribution in [0.1, 0.15) is 5.56 Å². The summed E-state index contributed by atoms with van der Waals surface area (Å²) in [5.41, 5.74) is 5.58. The molecule has 0 aliphatic carbocycles. The van der Waals surface area contributed by atoms with Gasteiger partial charge in [-0.2, -0.15) is 0 Å². The van der Waals surface area contributed by atoms with Gasteiger partial charge in [0.05, 0.1) is 11.5 Å². The Bertz CT molecular complexity index is 450. The smallest absolute Gasteiger partial charge is 0.270 e. The van der Waals surface area contributed by atoms with Gasteiger partial charge in [-0.3, -0.25) is 10.1 Å². The molecular weight excluding hydrogens is 246 g/mol. The maximum atomic E-state index is 10.6. The second-order valence-corrected chi connectivity index (χ2v) is 4.13. The van der Waals surface area contributed by atoms with E-state index in [9.17, 15) is 10.1 Å². The second-order valence-electron chi connectivity index (χ2n) is 2.99. The first-order chi connectivity index (χ1) is 8.10. The minimum atomic E-state index is -0.561. The monoisotopic (exact) mass is 257 g/mol. The predicted octanol–water partition coefficient (Wildman–Crippen LogP) is 0.774. The summed E-state index contributed by atoms with van der Waals surface area (Å²) in [5.74, 6) is 0.220. The van der Waals surface area contributed by atoms with Crippen LogP contribution in [0.5, 0.6) is 0 Å². The molecule has 7 nitrogen and oxygen atoms in total. The van der Waals surface area contributed by atoms with Crippen LogP contribution >= 0.6 is 11.8 Å². The van der Waals surface area contributed by atoms with E-state index in [4.69, 9.17) is 16.0 Å². The number of non-ortho nitro benzene ring substituents is 1. The van der Waals surface area contributed by atoms with Gasteiger partial charge in [0.2, 0.25) is 0 Å². The molecule has 0 aromatic heterocycles. The van der Waals surface area contributed by atoms with E-state index >= 15 is 0 Å². The summed E-state index contributed by atoms with van der Waals surface area (Å²) in [5, 5.41) is 30.7. The highest BCUT2D eigenvalue weighted by atomic mass is 32.2. The molecule has 0 saturated heterocycles. The standard InChI is InChI=1S/C9H11N3O4S/c10-9(11-14)7-5-6(12(15)16)1-2-8(7)17-4-3-13/h1-2,5,13-14H,3-4H2,(H2,10,11). The van der Waals surface area contributed by atoms with Gasteiger partial charge in [0.15, 0.2) is 5.84 Å². The van der Waals surface area contributed by atoms with Gasteiger partial charge in [-0.15, -0.1) is 11.8 Å². The highest BCUT2D eigenvalue weighted by molar-refractivity contribution is 7.99. The molecule has 0 radical (unpaired) electrons. The van der Waals surface area contributed by atoms with Crippen LogP contribution in [0.3, 0.4) is 0 Å². The summed E-state index contributed by atoms with van der Waals surface area (Å²) in [6.45, 7) is -0.0305. The van der Waals surface area contributed by atoms with Crippen molar-refractivity contribution in [2.45, 2.75) is 4.90 Å². The zero-order valence-corrected chi connectivity index (χ0v) is 9.55. The zero-order chi connectivity index (χ0) is 12.8. The van der Waals surface area contributed by atoms with E-state index < -0.39 is 4.92 Å². The summed E-state index contributed by atoms with van der Waals surface area (Å²) < 4.78 is 0. The van der Waals surface area contributed by atoms with Crippen molar-refractivity contribution in [3.05, 3.63) is 33.9 Å². The fourth-order valence-electron chi connectivity index (χ4n) is 1.17. The fourth-order valence-corrected chi connectivity index (χ4v) is 1.96. The maximum absolute atomic E-state index is 10.6. The van der Waals surface area contributed by atoms with Crippen molar-refractivity contribution in [1.82, 2.24) is 0 Å². The Morgan fingerprint density at radius 2 is 2.29 bits per heavy atom. The molecular formula is C9H11N3O4S. The maximum Gasteiger partial charge on any atom is 0.270 e. The van der Waals surface area contributed by atoms with Crippen LogP contribution in [-0.2, 0) is 0 Å². The number of rotatable bonds is 5. The highest BCUT2D eigenvalue weighted by Crippen LogP contribution is 2.26. The molecule has 0 amide bonds. The normalized spacial score (nSPS) is 11.5.